The number of rotatable bonds is 5. The summed E-state index contributed by atoms with van der Waals surface area (Å²) in [5, 5.41) is 36.5. The van der Waals surface area contributed by atoms with Crippen LogP contribution in [0.5, 0.6) is 17.4 Å². The van der Waals surface area contributed by atoms with E-state index in [1.807, 2.05) is 13.0 Å². The van der Waals surface area contributed by atoms with E-state index >= 15 is 0 Å². The van der Waals surface area contributed by atoms with E-state index in [0.717, 1.165) is 22.1 Å². The molecule has 1 aliphatic heterocycles. The molecule has 7 heteroatoms. The molecule has 6 nitrogen and oxygen atoms in total. The van der Waals surface area contributed by atoms with Gasteiger partial charge in [0.15, 0.2) is 0 Å². The van der Waals surface area contributed by atoms with Gasteiger partial charge >= 0.3 is 0 Å². The van der Waals surface area contributed by atoms with Gasteiger partial charge in [0, 0.05) is 22.9 Å². The van der Waals surface area contributed by atoms with Crippen molar-refractivity contribution in [2.45, 2.75) is 37.3 Å². The first kappa shape index (κ1) is 24.0. The van der Waals surface area contributed by atoms with Crippen LogP contribution in [-0.2, 0) is 0 Å². The molecule has 0 radical (unpaired) electrons. The highest BCUT2D eigenvalue weighted by atomic mass is 19.1. The highest BCUT2D eigenvalue weighted by Crippen LogP contribution is 2.47. The number of phenolic OH excluding ortho intramolecular Hbond substituents is 2. The van der Waals surface area contributed by atoms with Crippen LogP contribution in [0.2, 0.25) is 0 Å². The molecular formula is C29H29FN2O4. The van der Waals surface area contributed by atoms with E-state index in [9.17, 15) is 19.7 Å². The Morgan fingerprint density at radius 1 is 1.03 bits per heavy atom. The summed E-state index contributed by atoms with van der Waals surface area (Å²) in [5.41, 5.74) is 2.68. The third-order valence-electron chi connectivity index (χ3n) is 7.17. The summed E-state index contributed by atoms with van der Waals surface area (Å²) in [6, 6.07) is 18.1. The number of ether oxygens (including phenoxy) is 1. The van der Waals surface area contributed by atoms with Crippen molar-refractivity contribution in [2.24, 2.45) is 0 Å². The molecule has 0 aliphatic carbocycles. The summed E-state index contributed by atoms with van der Waals surface area (Å²) in [6.45, 7) is 2.42. The average Bonchev–Trinajstić information content (AvgIpc) is 2.85. The highest BCUT2D eigenvalue weighted by molar-refractivity contribution is 5.82. The Hall–Kier alpha value is -3.68. The van der Waals surface area contributed by atoms with Gasteiger partial charge in [-0.05, 0) is 91.5 Å². The molecule has 5 rings (SSSR count). The van der Waals surface area contributed by atoms with E-state index in [4.69, 9.17) is 4.74 Å². The molecular weight excluding hydrogens is 459 g/mol. The van der Waals surface area contributed by atoms with E-state index in [2.05, 4.69) is 10.3 Å². The third-order valence-corrected chi connectivity index (χ3v) is 7.17. The van der Waals surface area contributed by atoms with Crippen LogP contribution in [0.4, 0.5) is 4.39 Å². The Labute approximate surface area is 209 Å². The lowest BCUT2D eigenvalue weighted by Gasteiger charge is -2.44. The van der Waals surface area contributed by atoms with Gasteiger partial charge in [-0.3, -0.25) is 0 Å². The smallest absolute Gasteiger partial charge is 0.217 e. The van der Waals surface area contributed by atoms with E-state index in [1.54, 1.807) is 55.6 Å². The second-order valence-electron chi connectivity index (χ2n) is 9.55. The Morgan fingerprint density at radius 3 is 2.50 bits per heavy atom. The first-order valence-electron chi connectivity index (χ1n) is 12.0. The van der Waals surface area contributed by atoms with Crippen molar-refractivity contribution in [2.75, 3.05) is 13.7 Å². The Kier molecular flexibility index (Phi) is 6.28. The van der Waals surface area contributed by atoms with Gasteiger partial charge in [0.2, 0.25) is 5.88 Å². The summed E-state index contributed by atoms with van der Waals surface area (Å²) in [7, 11) is 1.54. The number of nitrogens with one attached hydrogen (secondary N) is 1. The highest BCUT2D eigenvalue weighted by Gasteiger charge is 2.44. The number of methoxy groups -OCH3 is 1. The van der Waals surface area contributed by atoms with Crippen LogP contribution in [0.1, 0.15) is 47.1 Å². The number of benzene rings is 3. The SMILES string of the molecule is COc1nc2ccc(O)cc2cc1C(c1ccc(O)cc1)C1(O)CCNC(c2ccc(F)cc2C)C1. The van der Waals surface area contributed by atoms with Gasteiger partial charge in [-0.15, -0.1) is 0 Å². The normalized spacial score (nSPS) is 20.8. The summed E-state index contributed by atoms with van der Waals surface area (Å²) in [5.74, 6) is -0.206. The molecule has 3 atom stereocenters. The van der Waals surface area contributed by atoms with Crippen molar-refractivity contribution in [3.05, 3.63) is 94.8 Å². The van der Waals surface area contributed by atoms with Gasteiger partial charge in [0.1, 0.15) is 17.3 Å². The summed E-state index contributed by atoms with van der Waals surface area (Å²) >= 11 is 0. The predicted octanol–water partition coefficient (Wildman–Crippen LogP) is 5.09. The fourth-order valence-electron chi connectivity index (χ4n) is 5.48. The number of aliphatic hydroxyl groups is 1. The molecule has 0 amide bonds. The molecule has 2 heterocycles. The van der Waals surface area contributed by atoms with Crippen molar-refractivity contribution in [1.82, 2.24) is 10.3 Å². The van der Waals surface area contributed by atoms with Crippen LogP contribution in [-0.4, -0.2) is 39.6 Å². The molecule has 0 bridgehead atoms. The molecule has 0 saturated carbocycles. The fraction of sp³-hybridized carbons (Fsp3) is 0.276. The first-order valence-corrected chi connectivity index (χ1v) is 12.0. The topological polar surface area (TPSA) is 94.8 Å². The molecule has 1 saturated heterocycles. The van der Waals surface area contributed by atoms with Crippen molar-refractivity contribution < 1.29 is 24.4 Å². The molecule has 3 unspecified atom stereocenters. The van der Waals surface area contributed by atoms with E-state index < -0.39 is 11.5 Å². The van der Waals surface area contributed by atoms with Crippen LogP contribution in [0.15, 0.2) is 66.7 Å². The third kappa shape index (κ3) is 4.47. The maximum absolute atomic E-state index is 13.8. The number of aryl methyl sites for hydroxylation is 1. The molecule has 4 aromatic rings. The van der Waals surface area contributed by atoms with Crippen molar-refractivity contribution in [1.29, 1.82) is 0 Å². The van der Waals surface area contributed by atoms with Crippen molar-refractivity contribution in [3.63, 3.8) is 0 Å². The van der Waals surface area contributed by atoms with Crippen molar-refractivity contribution >= 4 is 10.9 Å². The lowest BCUT2D eigenvalue weighted by molar-refractivity contribution is -0.0197. The zero-order valence-electron chi connectivity index (χ0n) is 20.2. The molecule has 3 aromatic carbocycles. The molecule has 0 spiro atoms. The molecule has 1 fully saturated rings. The van der Waals surface area contributed by atoms with Crippen LogP contribution >= 0.6 is 0 Å². The Morgan fingerprint density at radius 2 is 1.78 bits per heavy atom. The van der Waals surface area contributed by atoms with Gasteiger partial charge in [0.05, 0.1) is 18.2 Å². The number of fused-ring (bicyclic) bond motifs is 1. The minimum atomic E-state index is -1.22. The lowest BCUT2D eigenvalue weighted by atomic mass is 9.70. The van der Waals surface area contributed by atoms with Gasteiger partial charge in [-0.2, -0.15) is 0 Å². The van der Waals surface area contributed by atoms with Gasteiger partial charge < -0.3 is 25.4 Å². The number of piperidine rings is 1. The Balaban J connectivity index is 1.66. The lowest BCUT2D eigenvalue weighted by Crippen LogP contribution is -2.48. The van der Waals surface area contributed by atoms with Crippen LogP contribution in [0.3, 0.4) is 0 Å². The second-order valence-corrected chi connectivity index (χ2v) is 9.55. The first-order chi connectivity index (χ1) is 17.3. The molecule has 1 aromatic heterocycles. The van der Waals surface area contributed by atoms with E-state index in [0.29, 0.717) is 36.3 Å². The maximum atomic E-state index is 13.8. The quantitative estimate of drug-likeness (QED) is 0.313. The van der Waals surface area contributed by atoms with Crippen LogP contribution in [0.25, 0.3) is 10.9 Å². The number of aromatic nitrogens is 1. The van der Waals surface area contributed by atoms with Gasteiger partial charge in [-0.25, -0.2) is 9.37 Å². The number of hydrogen-bond acceptors (Lipinski definition) is 6. The fourth-order valence-corrected chi connectivity index (χ4v) is 5.48. The van der Waals surface area contributed by atoms with E-state index in [-0.39, 0.29) is 23.4 Å². The maximum Gasteiger partial charge on any atom is 0.217 e. The van der Waals surface area contributed by atoms with Crippen molar-refractivity contribution in [3.8, 4) is 17.4 Å². The Bertz CT molecular complexity index is 1410. The minimum absolute atomic E-state index is 0.119. The molecule has 186 valence electrons. The standard InChI is InChI=1S/C29H29FN2O4/c1-17-13-20(30)5-9-23(17)26-16-29(35,11-12-31-26)27(18-3-6-21(33)7-4-18)24-15-19-14-22(34)8-10-25(19)32-28(24)36-2/h3-10,13-15,26-27,31,33-35H,11-12,16H2,1-2H3. The summed E-state index contributed by atoms with van der Waals surface area (Å²) in [4.78, 5) is 4.67. The average molecular weight is 489 g/mol. The second kappa shape index (κ2) is 9.41. The zero-order chi connectivity index (χ0) is 25.4. The summed E-state index contributed by atoms with van der Waals surface area (Å²) < 4.78 is 19.5. The molecule has 36 heavy (non-hydrogen) atoms. The molecule has 1 aliphatic rings. The van der Waals surface area contributed by atoms with Gasteiger partial charge in [0.25, 0.3) is 0 Å². The zero-order valence-corrected chi connectivity index (χ0v) is 20.2. The monoisotopic (exact) mass is 488 g/mol. The summed E-state index contributed by atoms with van der Waals surface area (Å²) in [6.07, 6.45) is 0.822. The van der Waals surface area contributed by atoms with E-state index in [1.165, 1.54) is 12.1 Å². The number of nitrogens with zero attached hydrogens (tertiary/aromatic N) is 1. The number of halogens is 1. The number of hydrogen-bond donors (Lipinski definition) is 4. The predicted molar refractivity (Wildman–Crippen MR) is 136 cm³/mol. The van der Waals surface area contributed by atoms with Crippen LogP contribution < -0.4 is 10.1 Å². The van der Waals surface area contributed by atoms with Gasteiger partial charge in [-0.1, -0.05) is 18.2 Å². The number of phenols is 2. The van der Waals surface area contributed by atoms with Crippen LogP contribution in [0, 0.1) is 12.7 Å². The molecule has 4 N–H and O–H groups in total. The number of aromatic hydroxyl groups is 2. The number of pyridine rings is 1. The minimum Gasteiger partial charge on any atom is -0.508 e. The largest absolute Gasteiger partial charge is 0.508 e.